The van der Waals surface area contributed by atoms with Crippen LogP contribution < -0.4 is 4.90 Å². The van der Waals surface area contributed by atoms with Gasteiger partial charge in [-0.25, -0.2) is 13.4 Å². The molecule has 154 valence electrons. The molecule has 0 N–H and O–H groups in total. The Hall–Kier alpha value is -2.72. The van der Waals surface area contributed by atoms with Gasteiger partial charge in [0.1, 0.15) is 5.82 Å². The number of sulfonamides is 1. The maximum atomic E-state index is 13.0. The molecule has 0 radical (unpaired) electrons. The van der Waals surface area contributed by atoms with Crippen molar-refractivity contribution in [3.05, 3.63) is 48.7 Å². The Balaban J connectivity index is 1.44. The molecule has 3 aromatic rings. The van der Waals surface area contributed by atoms with Gasteiger partial charge < -0.3 is 14.0 Å². The zero-order valence-electron chi connectivity index (χ0n) is 16.8. The van der Waals surface area contributed by atoms with Gasteiger partial charge in [0, 0.05) is 57.7 Å². The average molecular weight is 416 g/mol. The van der Waals surface area contributed by atoms with E-state index in [4.69, 9.17) is 0 Å². The largest absolute Gasteiger partial charge is 0.352 e. The number of aromatic nitrogens is 5. The van der Waals surface area contributed by atoms with Gasteiger partial charge in [0.15, 0.2) is 16.7 Å². The molecule has 29 heavy (non-hydrogen) atoms. The molecule has 9 nitrogen and oxygen atoms in total. The molecule has 0 aromatic carbocycles. The summed E-state index contributed by atoms with van der Waals surface area (Å²) in [5.74, 6) is 2.42. The van der Waals surface area contributed by atoms with E-state index in [1.807, 2.05) is 62.1 Å². The Morgan fingerprint density at radius 2 is 1.59 bits per heavy atom. The van der Waals surface area contributed by atoms with Gasteiger partial charge in [-0.05, 0) is 24.3 Å². The van der Waals surface area contributed by atoms with Crippen molar-refractivity contribution in [2.75, 3.05) is 31.1 Å². The van der Waals surface area contributed by atoms with Gasteiger partial charge in [-0.15, -0.1) is 10.2 Å². The maximum Gasteiger partial charge on any atom is 0.262 e. The van der Waals surface area contributed by atoms with Crippen molar-refractivity contribution in [1.29, 1.82) is 0 Å². The van der Waals surface area contributed by atoms with Gasteiger partial charge in [0.2, 0.25) is 0 Å². The molecule has 1 aliphatic heterocycles. The molecule has 1 saturated heterocycles. The minimum absolute atomic E-state index is 0.119. The number of rotatable bonds is 5. The minimum atomic E-state index is -3.60. The smallest absolute Gasteiger partial charge is 0.262 e. The molecule has 0 amide bonds. The van der Waals surface area contributed by atoms with E-state index < -0.39 is 10.0 Å². The Kier molecular flexibility index (Phi) is 5.13. The molecule has 4 rings (SSSR count). The predicted octanol–water partition coefficient (Wildman–Crippen LogP) is 1.64. The molecule has 0 spiro atoms. The lowest BCUT2D eigenvalue weighted by Gasteiger charge is -2.34. The summed E-state index contributed by atoms with van der Waals surface area (Å²) in [6, 6.07) is 7.69. The molecular weight excluding hydrogens is 390 g/mol. The molecule has 0 saturated carbocycles. The van der Waals surface area contributed by atoms with Crippen molar-refractivity contribution in [2.45, 2.75) is 24.8 Å². The van der Waals surface area contributed by atoms with Crippen LogP contribution in [-0.2, 0) is 17.1 Å². The lowest BCUT2D eigenvalue weighted by Crippen LogP contribution is -2.49. The van der Waals surface area contributed by atoms with E-state index in [1.54, 1.807) is 10.8 Å². The van der Waals surface area contributed by atoms with Crippen LogP contribution in [0.4, 0.5) is 5.82 Å². The second-order valence-electron chi connectivity index (χ2n) is 7.43. The number of aryl methyl sites for hydroxylation is 1. The van der Waals surface area contributed by atoms with Gasteiger partial charge >= 0.3 is 0 Å². The summed E-state index contributed by atoms with van der Waals surface area (Å²) >= 11 is 0. The molecular formula is C19H25N7O2S. The van der Waals surface area contributed by atoms with E-state index >= 15 is 0 Å². The molecule has 0 unspecified atom stereocenters. The van der Waals surface area contributed by atoms with Gasteiger partial charge in [-0.1, -0.05) is 13.8 Å². The van der Waals surface area contributed by atoms with Gasteiger partial charge in [0.05, 0.1) is 0 Å². The quantitative estimate of drug-likeness (QED) is 0.629. The maximum absolute atomic E-state index is 13.0. The first-order valence-corrected chi connectivity index (χ1v) is 11.1. The van der Waals surface area contributed by atoms with E-state index in [1.165, 1.54) is 4.31 Å². The Labute approximate surface area is 170 Å². The fraction of sp³-hybridized carbons (Fsp3) is 0.421. The van der Waals surface area contributed by atoms with Crippen LogP contribution in [-0.4, -0.2) is 63.2 Å². The minimum Gasteiger partial charge on any atom is -0.352 e. The van der Waals surface area contributed by atoms with Crippen LogP contribution in [0.25, 0.3) is 5.82 Å². The molecule has 3 aromatic heterocycles. The third kappa shape index (κ3) is 3.77. The second-order valence-corrected chi connectivity index (χ2v) is 9.32. The molecule has 4 heterocycles. The highest BCUT2D eigenvalue weighted by molar-refractivity contribution is 7.89. The van der Waals surface area contributed by atoms with E-state index in [0.29, 0.717) is 26.2 Å². The number of nitrogens with zero attached hydrogens (tertiary/aromatic N) is 7. The standard InChI is InChI=1S/C19H25N7O2S/c1-15(2)19-20-18(14-23(19)3)29(27,28)26-12-10-25(11-13-26)17-7-6-16(21-22-17)24-8-4-5-9-24/h4-9,14-15H,10-13H2,1-3H3. The van der Waals surface area contributed by atoms with Crippen molar-refractivity contribution in [3.8, 4) is 5.82 Å². The van der Waals surface area contributed by atoms with Crippen molar-refractivity contribution in [2.24, 2.45) is 7.05 Å². The van der Waals surface area contributed by atoms with Gasteiger partial charge in [-0.2, -0.15) is 4.31 Å². The van der Waals surface area contributed by atoms with E-state index in [-0.39, 0.29) is 10.9 Å². The van der Waals surface area contributed by atoms with Crippen molar-refractivity contribution in [3.63, 3.8) is 0 Å². The molecule has 0 bridgehead atoms. The number of imidazole rings is 1. The van der Waals surface area contributed by atoms with Crippen LogP contribution >= 0.6 is 0 Å². The average Bonchev–Trinajstić information content (AvgIpc) is 3.38. The Morgan fingerprint density at radius 1 is 0.966 bits per heavy atom. The molecule has 0 aliphatic carbocycles. The Bertz CT molecular complexity index is 1060. The number of piperazine rings is 1. The summed E-state index contributed by atoms with van der Waals surface area (Å²) in [6.07, 6.45) is 5.42. The SMILES string of the molecule is CC(C)c1nc(S(=O)(=O)N2CCN(c3ccc(-n4cccc4)nn3)CC2)cn1C. The number of hydrogen-bond acceptors (Lipinski definition) is 6. The summed E-state index contributed by atoms with van der Waals surface area (Å²) in [4.78, 5) is 6.41. The summed E-state index contributed by atoms with van der Waals surface area (Å²) < 4.78 is 31.2. The molecule has 1 fully saturated rings. The van der Waals surface area contributed by atoms with Crippen molar-refractivity contribution in [1.82, 2.24) is 28.6 Å². The third-order valence-electron chi connectivity index (χ3n) is 5.08. The zero-order chi connectivity index (χ0) is 20.6. The van der Waals surface area contributed by atoms with Crippen LogP contribution in [0.1, 0.15) is 25.6 Å². The van der Waals surface area contributed by atoms with E-state index in [2.05, 4.69) is 20.1 Å². The van der Waals surface area contributed by atoms with Crippen molar-refractivity contribution < 1.29 is 8.42 Å². The van der Waals surface area contributed by atoms with Crippen molar-refractivity contribution >= 4 is 15.8 Å². The first-order chi connectivity index (χ1) is 13.9. The van der Waals surface area contributed by atoms with Gasteiger partial charge in [0.25, 0.3) is 10.0 Å². The summed E-state index contributed by atoms with van der Waals surface area (Å²) in [5, 5.41) is 8.70. The van der Waals surface area contributed by atoms with E-state index in [9.17, 15) is 8.42 Å². The summed E-state index contributed by atoms with van der Waals surface area (Å²) in [6.45, 7) is 5.88. The second kappa shape index (κ2) is 7.60. The number of hydrogen-bond donors (Lipinski definition) is 0. The first kappa shape index (κ1) is 19.6. The fourth-order valence-electron chi connectivity index (χ4n) is 3.51. The van der Waals surface area contributed by atoms with E-state index in [0.717, 1.165) is 17.5 Å². The monoisotopic (exact) mass is 415 g/mol. The molecule has 0 atom stereocenters. The molecule has 1 aliphatic rings. The van der Waals surface area contributed by atoms with Crippen LogP contribution in [0.15, 0.2) is 47.9 Å². The third-order valence-corrected chi connectivity index (χ3v) is 6.85. The van der Waals surface area contributed by atoms with Crippen LogP contribution in [0.3, 0.4) is 0 Å². The highest BCUT2D eigenvalue weighted by Crippen LogP contribution is 2.22. The first-order valence-electron chi connectivity index (χ1n) is 9.61. The van der Waals surface area contributed by atoms with Crippen LogP contribution in [0, 0.1) is 0 Å². The number of anilines is 1. The van der Waals surface area contributed by atoms with Crippen LogP contribution in [0.2, 0.25) is 0 Å². The fourth-order valence-corrected chi connectivity index (χ4v) is 4.92. The van der Waals surface area contributed by atoms with Crippen LogP contribution in [0.5, 0.6) is 0 Å². The zero-order valence-corrected chi connectivity index (χ0v) is 17.6. The van der Waals surface area contributed by atoms with Gasteiger partial charge in [-0.3, -0.25) is 0 Å². The normalized spacial score (nSPS) is 15.9. The predicted molar refractivity (Wildman–Crippen MR) is 110 cm³/mol. The lowest BCUT2D eigenvalue weighted by atomic mass is 10.2. The summed E-state index contributed by atoms with van der Waals surface area (Å²) in [5.41, 5.74) is 0. The highest BCUT2D eigenvalue weighted by atomic mass is 32.2. The molecule has 10 heteroatoms. The highest BCUT2D eigenvalue weighted by Gasteiger charge is 2.31. The lowest BCUT2D eigenvalue weighted by molar-refractivity contribution is 0.382. The summed E-state index contributed by atoms with van der Waals surface area (Å²) in [7, 11) is -1.78. The Morgan fingerprint density at radius 3 is 2.14 bits per heavy atom. The topological polar surface area (TPSA) is 89.2 Å².